The molecule has 2 heterocycles. The molecule has 1 fully saturated rings. The Bertz CT molecular complexity index is 650. The van der Waals surface area contributed by atoms with E-state index in [-0.39, 0.29) is 29.2 Å². The van der Waals surface area contributed by atoms with Gasteiger partial charge in [0.15, 0.2) is 11.6 Å². The van der Waals surface area contributed by atoms with Crippen molar-refractivity contribution in [3.05, 3.63) is 23.5 Å². The Balaban J connectivity index is 1.85. The maximum absolute atomic E-state index is 14.2. The summed E-state index contributed by atoms with van der Waals surface area (Å²) in [7, 11) is 0. The third-order valence-electron chi connectivity index (χ3n) is 3.75. The van der Waals surface area contributed by atoms with Gasteiger partial charge in [-0.1, -0.05) is 0 Å². The first kappa shape index (κ1) is 16.0. The molecule has 1 aromatic rings. The van der Waals surface area contributed by atoms with E-state index in [0.717, 1.165) is 18.5 Å². The third-order valence-corrected chi connectivity index (χ3v) is 4.99. The number of nitrogens with zero attached hydrogens (tertiary/aromatic N) is 2. The molecule has 2 aliphatic heterocycles. The topological polar surface area (TPSA) is 59.0 Å². The van der Waals surface area contributed by atoms with Crippen molar-refractivity contribution in [2.45, 2.75) is 24.6 Å². The fourth-order valence-corrected chi connectivity index (χ4v) is 3.64. The summed E-state index contributed by atoms with van der Waals surface area (Å²) in [4.78, 5) is 29.0. The second-order valence-corrected chi connectivity index (χ2v) is 6.57. The van der Waals surface area contributed by atoms with Crippen molar-refractivity contribution in [3.63, 3.8) is 0 Å². The number of hydrogen-bond donors (Lipinski definition) is 0. The van der Waals surface area contributed by atoms with Gasteiger partial charge in [0.2, 0.25) is 0 Å². The van der Waals surface area contributed by atoms with Crippen LogP contribution in [0.25, 0.3) is 0 Å². The Kier molecular flexibility index (Phi) is 4.95. The van der Waals surface area contributed by atoms with E-state index in [2.05, 4.69) is 4.99 Å². The Labute approximate surface area is 137 Å². The minimum Gasteiger partial charge on any atom is -0.490 e. The van der Waals surface area contributed by atoms with E-state index < -0.39 is 5.82 Å². The Morgan fingerprint density at radius 3 is 3.17 bits per heavy atom. The van der Waals surface area contributed by atoms with E-state index in [0.29, 0.717) is 25.1 Å². The first-order valence-electron chi connectivity index (χ1n) is 7.57. The molecule has 0 aromatic heterocycles. The molecule has 0 spiro atoms. The van der Waals surface area contributed by atoms with Gasteiger partial charge in [-0.05, 0) is 24.7 Å². The van der Waals surface area contributed by atoms with Crippen LogP contribution >= 0.6 is 11.8 Å². The summed E-state index contributed by atoms with van der Waals surface area (Å²) in [5.74, 6) is 0.269. The molecule has 0 bridgehead atoms. The smallest absolute Gasteiger partial charge is 0.257 e. The highest BCUT2D eigenvalue weighted by molar-refractivity contribution is 8.00. The lowest BCUT2D eigenvalue weighted by Crippen LogP contribution is -2.42. The number of carbonyl (C=O) groups is 2. The number of aliphatic imine (C=N–C) groups is 1. The van der Waals surface area contributed by atoms with Gasteiger partial charge < -0.3 is 14.4 Å². The summed E-state index contributed by atoms with van der Waals surface area (Å²) in [5, 5.41) is -0.0938. The Morgan fingerprint density at radius 2 is 2.35 bits per heavy atom. The molecule has 5 nitrogen and oxygen atoms in total. The fourth-order valence-electron chi connectivity index (χ4n) is 2.58. The first-order chi connectivity index (χ1) is 11.2. The van der Waals surface area contributed by atoms with Crippen LogP contribution in [0.3, 0.4) is 0 Å². The number of amides is 1. The van der Waals surface area contributed by atoms with Crippen LogP contribution in [0.2, 0.25) is 0 Å². The van der Waals surface area contributed by atoms with Crippen LogP contribution < -0.4 is 4.74 Å². The molecule has 122 valence electrons. The molecule has 0 saturated carbocycles. The molecule has 7 heteroatoms. The zero-order valence-electron chi connectivity index (χ0n) is 12.5. The minimum absolute atomic E-state index is 0.0622. The number of ether oxygens (including phenoxy) is 1. The maximum Gasteiger partial charge on any atom is 0.257 e. The molecule has 23 heavy (non-hydrogen) atoms. The number of hydrogen-bond acceptors (Lipinski definition) is 5. The molecule has 0 N–H and O–H groups in total. The molecule has 1 atom stereocenters. The summed E-state index contributed by atoms with van der Waals surface area (Å²) >= 11 is 1.66. The van der Waals surface area contributed by atoms with Crippen LogP contribution in [-0.2, 0) is 4.79 Å². The van der Waals surface area contributed by atoms with Gasteiger partial charge in [-0.15, -0.1) is 11.8 Å². The van der Waals surface area contributed by atoms with Crippen molar-refractivity contribution in [2.75, 3.05) is 18.9 Å². The van der Waals surface area contributed by atoms with Crippen LogP contribution in [0, 0.1) is 5.82 Å². The number of rotatable bonds is 5. The molecular formula is C16H17FN2O3S. The number of aldehydes is 1. The molecule has 2 aliphatic rings. The molecule has 3 rings (SSSR count). The van der Waals surface area contributed by atoms with Gasteiger partial charge in [0.1, 0.15) is 11.7 Å². The van der Waals surface area contributed by atoms with Crippen molar-refractivity contribution in [1.82, 2.24) is 4.90 Å². The average Bonchev–Trinajstić information content (AvgIpc) is 2.70. The van der Waals surface area contributed by atoms with E-state index in [1.807, 2.05) is 0 Å². The molecule has 1 amide bonds. The second-order valence-electron chi connectivity index (χ2n) is 5.35. The fraction of sp³-hybridized carbons (Fsp3) is 0.438. The average molecular weight is 336 g/mol. The van der Waals surface area contributed by atoms with Crippen molar-refractivity contribution in [3.8, 4) is 5.75 Å². The lowest BCUT2D eigenvalue weighted by atomic mass is 10.1. The Hall–Kier alpha value is -1.89. The predicted molar refractivity (Wildman–Crippen MR) is 87.2 cm³/mol. The monoisotopic (exact) mass is 336 g/mol. The normalized spacial score (nSPS) is 19.8. The molecule has 1 aromatic carbocycles. The predicted octanol–water partition coefficient (Wildman–Crippen LogP) is 2.80. The van der Waals surface area contributed by atoms with Gasteiger partial charge in [-0.3, -0.25) is 9.79 Å². The van der Waals surface area contributed by atoms with Crippen molar-refractivity contribution < 1.29 is 18.7 Å². The highest BCUT2D eigenvalue weighted by Crippen LogP contribution is 2.34. The third kappa shape index (κ3) is 3.39. The van der Waals surface area contributed by atoms with Crippen LogP contribution in [0.5, 0.6) is 5.75 Å². The summed E-state index contributed by atoms with van der Waals surface area (Å²) < 4.78 is 19.6. The summed E-state index contributed by atoms with van der Waals surface area (Å²) in [5.41, 5.74) is 0.695. The van der Waals surface area contributed by atoms with E-state index in [1.165, 1.54) is 12.1 Å². The number of thioether (sulfide) groups is 1. The van der Waals surface area contributed by atoms with Gasteiger partial charge in [-0.25, -0.2) is 4.39 Å². The highest BCUT2D eigenvalue weighted by Gasteiger charge is 2.31. The van der Waals surface area contributed by atoms with Gasteiger partial charge >= 0.3 is 0 Å². The van der Waals surface area contributed by atoms with Crippen molar-refractivity contribution in [2.24, 2.45) is 4.99 Å². The van der Waals surface area contributed by atoms with Crippen LogP contribution in [0.1, 0.15) is 29.6 Å². The molecule has 1 unspecified atom stereocenters. The van der Waals surface area contributed by atoms with Gasteiger partial charge in [0, 0.05) is 25.2 Å². The zero-order valence-corrected chi connectivity index (χ0v) is 13.4. The van der Waals surface area contributed by atoms with Gasteiger partial charge in [0.25, 0.3) is 5.91 Å². The van der Waals surface area contributed by atoms with Crippen LogP contribution in [0.4, 0.5) is 10.1 Å². The number of unbranched alkanes of at least 4 members (excludes halogenated alkanes) is 1. The number of fused-ring (bicyclic) bond motifs is 2. The van der Waals surface area contributed by atoms with E-state index in [4.69, 9.17) is 4.74 Å². The number of halogens is 1. The minimum atomic E-state index is -0.582. The van der Waals surface area contributed by atoms with E-state index in [1.54, 1.807) is 22.9 Å². The van der Waals surface area contributed by atoms with Crippen LogP contribution in [-0.4, -0.2) is 47.6 Å². The van der Waals surface area contributed by atoms with Crippen LogP contribution in [0.15, 0.2) is 17.1 Å². The highest BCUT2D eigenvalue weighted by atomic mass is 32.2. The number of carbonyl (C=O) groups excluding carboxylic acids is 2. The Morgan fingerprint density at radius 1 is 1.48 bits per heavy atom. The van der Waals surface area contributed by atoms with Gasteiger partial charge in [0.05, 0.1) is 17.9 Å². The molecule has 0 aliphatic carbocycles. The summed E-state index contributed by atoms with van der Waals surface area (Å²) in [6, 6.07) is 2.66. The summed E-state index contributed by atoms with van der Waals surface area (Å²) in [6.07, 6.45) is 4.36. The van der Waals surface area contributed by atoms with Crippen molar-refractivity contribution in [1.29, 1.82) is 0 Å². The summed E-state index contributed by atoms with van der Waals surface area (Å²) in [6.45, 7) is 0.907. The number of benzene rings is 1. The zero-order chi connectivity index (χ0) is 16.2. The van der Waals surface area contributed by atoms with E-state index >= 15 is 0 Å². The van der Waals surface area contributed by atoms with Gasteiger partial charge in [-0.2, -0.15) is 0 Å². The van der Waals surface area contributed by atoms with Crippen molar-refractivity contribution >= 4 is 35.9 Å². The second kappa shape index (κ2) is 7.12. The SMILES string of the molecule is O=CCCCOc1cc2c(cc1F)C(=O)N1CCCSC1C=N2. The lowest BCUT2D eigenvalue weighted by Gasteiger charge is -2.31. The first-order valence-corrected chi connectivity index (χ1v) is 8.62. The largest absolute Gasteiger partial charge is 0.490 e. The molecular weight excluding hydrogens is 319 g/mol. The molecule has 0 radical (unpaired) electrons. The lowest BCUT2D eigenvalue weighted by molar-refractivity contribution is -0.108. The van der Waals surface area contributed by atoms with E-state index in [9.17, 15) is 14.0 Å². The standard InChI is InChI=1S/C16H17FN2O3S/c17-12-8-11-13(9-14(12)22-6-2-1-5-20)18-10-15-19(16(11)21)4-3-7-23-15/h5,8-10,15H,1-4,6-7H2. The quantitative estimate of drug-likeness (QED) is 0.613. The molecule has 1 saturated heterocycles. The maximum atomic E-state index is 14.2.